The third-order valence-electron chi connectivity index (χ3n) is 6.78. The summed E-state index contributed by atoms with van der Waals surface area (Å²) in [6, 6.07) is 6.71. The number of guanidine groups is 1. The minimum Gasteiger partial charge on any atom is -0.490 e. The van der Waals surface area contributed by atoms with E-state index >= 15 is 0 Å². The maximum absolute atomic E-state index is 13.0. The van der Waals surface area contributed by atoms with Gasteiger partial charge in [-0.3, -0.25) is 0 Å². The molecule has 1 aliphatic heterocycles. The van der Waals surface area contributed by atoms with Gasteiger partial charge in [-0.25, -0.2) is 24.3 Å². The van der Waals surface area contributed by atoms with E-state index in [0.717, 1.165) is 10.5 Å². The number of rotatable bonds is 10. The molecule has 12 nitrogen and oxygen atoms in total. The van der Waals surface area contributed by atoms with E-state index in [9.17, 15) is 19.5 Å². The third kappa shape index (κ3) is 11.7. The van der Waals surface area contributed by atoms with Crippen LogP contribution in [0.1, 0.15) is 73.9 Å². The average molecular weight is 623 g/mol. The number of hydrogen-bond donors (Lipinski definition) is 3. The lowest BCUT2D eigenvalue weighted by Gasteiger charge is -2.39. The Kier molecular flexibility index (Phi) is 11.7. The van der Waals surface area contributed by atoms with Crippen molar-refractivity contribution in [2.24, 2.45) is 4.99 Å². The van der Waals surface area contributed by atoms with Gasteiger partial charge in [0.2, 0.25) is 5.96 Å². The molecule has 0 radical (unpaired) electrons. The number of carbonyl (C=O) groups is 3. The van der Waals surface area contributed by atoms with Crippen molar-refractivity contribution in [1.82, 2.24) is 15.5 Å². The number of benzene rings is 1. The maximum Gasteiger partial charge on any atom is 0.414 e. The predicted molar refractivity (Wildman–Crippen MR) is 167 cm³/mol. The normalized spacial score (nSPS) is 16.7. The van der Waals surface area contributed by atoms with Crippen LogP contribution >= 0.6 is 0 Å². The summed E-state index contributed by atoms with van der Waals surface area (Å²) < 4.78 is 23.2. The predicted octanol–water partition coefficient (Wildman–Crippen LogP) is 5.30. The summed E-state index contributed by atoms with van der Waals surface area (Å²) >= 11 is 0. The fourth-order valence-corrected chi connectivity index (χ4v) is 4.90. The first-order chi connectivity index (χ1) is 19.6. The summed E-state index contributed by atoms with van der Waals surface area (Å²) in [5.41, 5.74) is -0.482. The Bertz CT molecular complexity index is 1150. The molecule has 2 atom stereocenters. The van der Waals surface area contributed by atoms with Gasteiger partial charge in [-0.15, -0.1) is 0 Å². The second-order valence-corrected chi connectivity index (χ2v) is 18.8. The lowest BCUT2D eigenvalue weighted by molar-refractivity contribution is -0.165. The van der Waals surface area contributed by atoms with Crippen LogP contribution < -0.4 is 15.4 Å². The summed E-state index contributed by atoms with van der Waals surface area (Å²) in [7, 11) is -2.30. The van der Waals surface area contributed by atoms with Crippen LogP contribution in [-0.4, -0.2) is 86.0 Å². The van der Waals surface area contributed by atoms with Crippen LogP contribution in [-0.2, 0) is 18.7 Å². The largest absolute Gasteiger partial charge is 0.490 e. The third-order valence-corrected chi connectivity index (χ3v) is 11.3. The van der Waals surface area contributed by atoms with Crippen molar-refractivity contribution in [2.45, 2.75) is 104 Å². The Morgan fingerprint density at radius 1 is 0.977 bits per heavy atom. The molecule has 1 heterocycles. The molecule has 1 aliphatic rings. The van der Waals surface area contributed by atoms with Gasteiger partial charge in [0.05, 0.1) is 12.6 Å². The highest BCUT2D eigenvalue weighted by Gasteiger charge is 2.42. The van der Waals surface area contributed by atoms with E-state index < -0.39 is 49.8 Å². The van der Waals surface area contributed by atoms with Crippen LogP contribution in [0.4, 0.5) is 9.59 Å². The molecular formula is C30H50N4O8Si. The molecule has 43 heavy (non-hydrogen) atoms. The van der Waals surface area contributed by atoms with Crippen LogP contribution in [0.2, 0.25) is 18.1 Å². The number of esters is 1. The highest BCUT2D eigenvalue weighted by molar-refractivity contribution is 6.74. The van der Waals surface area contributed by atoms with Crippen molar-refractivity contribution in [2.75, 3.05) is 26.2 Å². The number of hydrogen-bond acceptors (Lipinski definition) is 9. The molecule has 242 valence electrons. The van der Waals surface area contributed by atoms with Gasteiger partial charge in [-0.05, 0) is 77.4 Å². The Labute approximate surface area is 256 Å². The molecule has 0 saturated heterocycles. The van der Waals surface area contributed by atoms with Gasteiger partial charge in [0.15, 0.2) is 14.4 Å². The van der Waals surface area contributed by atoms with Crippen LogP contribution in [0.5, 0.6) is 5.75 Å². The van der Waals surface area contributed by atoms with Gasteiger partial charge < -0.3 is 34.4 Å². The highest BCUT2D eigenvalue weighted by Crippen LogP contribution is 2.37. The second-order valence-electron chi connectivity index (χ2n) is 14.0. The molecule has 1 aromatic rings. The van der Waals surface area contributed by atoms with Crippen LogP contribution in [0.25, 0.3) is 0 Å². The minimum atomic E-state index is -2.30. The Morgan fingerprint density at radius 2 is 1.56 bits per heavy atom. The average Bonchev–Trinajstić information content (AvgIpc) is 3.26. The Morgan fingerprint density at radius 3 is 2.07 bits per heavy atom. The molecular weight excluding hydrogens is 572 g/mol. The van der Waals surface area contributed by atoms with E-state index in [2.05, 4.69) is 49.5 Å². The van der Waals surface area contributed by atoms with Crippen LogP contribution in [0, 0.1) is 0 Å². The standard InChI is InChI=1S/C30H50N4O8Si/c1-28(2,3)40-24(35)23(42-43(10,11)30(7,8)9)19-39-21-14-12-20(13-15-21)22-18-34(27(37)38)25(33-22)31-16-17-32-26(36)41-29(4,5)6/h12-15,22-23H,16-19H2,1-11H3,(H,31,33)(H,32,36)(H,37,38). The zero-order valence-corrected chi connectivity index (χ0v) is 28.5. The number of aliphatic imine (C=N–C) groups is 1. The molecule has 2 unspecified atom stereocenters. The quantitative estimate of drug-likeness (QED) is 0.180. The SMILES string of the molecule is CC(C)(C)OC(=O)NCCNC1=NC(c2ccc(OCC(O[Si](C)(C)C(C)(C)C)C(=O)OC(C)(C)C)cc2)CN1C(=O)O. The molecule has 2 rings (SSSR count). The molecule has 0 bridgehead atoms. The van der Waals surface area contributed by atoms with Crippen molar-refractivity contribution in [3.8, 4) is 5.75 Å². The summed E-state index contributed by atoms with van der Waals surface area (Å²) in [5.74, 6) is 0.260. The van der Waals surface area contributed by atoms with Gasteiger partial charge in [-0.1, -0.05) is 32.9 Å². The summed E-state index contributed by atoms with van der Waals surface area (Å²) in [4.78, 5) is 42.4. The fraction of sp³-hybridized carbons (Fsp3) is 0.667. The lowest BCUT2D eigenvalue weighted by Crippen LogP contribution is -2.49. The number of amides is 2. The smallest absolute Gasteiger partial charge is 0.414 e. The molecule has 2 amide bonds. The molecule has 13 heteroatoms. The van der Waals surface area contributed by atoms with Crippen molar-refractivity contribution >= 4 is 32.4 Å². The Hall–Kier alpha value is -3.32. The number of nitrogens with zero attached hydrogens (tertiary/aromatic N) is 2. The molecule has 3 N–H and O–H groups in total. The molecule has 0 fully saturated rings. The zero-order chi connectivity index (χ0) is 32.8. The summed E-state index contributed by atoms with van der Waals surface area (Å²) in [6.45, 7) is 21.8. The molecule has 0 saturated carbocycles. The number of nitrogens with one attached hydrogen (secondary N) is 2. The van der Waals surface area contributed by atoms with Crippen molar-refractivity contribution < 1.29 is 38.1 Å². The lowest BCUT2D eigenvalue weighted by atomic mass is 10.1. The summed E-state index contributed by atoms with van der Waals surface area (Å²) in [5, 5.41) is 15.2. The van der Waals surface area contributed by atoms with Crippen LogP contribution in [0.3, 0.4) is 0 Å². The fourth-order valence-electron chi connectivity index (χ4n) is 3.67. The van der Waals surface area contributed by atoms with Gasteiger partial charge in [0.25, 0.3) is 0 Å². The van der Waals surface area contributed by atoms with Crippen molar-refractivity contribution in [1.29, 1.82) is 0 Å². The second kappa shape index (κ2) is 14.0. The van der Waals surface area contributed by atoms with E-state index in [1.54, 1.807) is 32.9 Å². The van der Waals surface area contributed by atoms with E-state index in [0.29, 0.717) is 5.75 Å². The topological polar surface area (TPSA) is 148 Å². The van der Waals surface area contributed by atoms with E-state index in [1.165, 1.54) is 0 Å². The number of carboxylic acid groups (broad SMARTS) is 1. The first kappa shape index (κ1) is 35.9. The first-order valence-corrected chi connectivity index (χ1v) is 17.4. The van der Waals surface area contributed by atoms with E-state index in [1.807, 2.05) is 32.9 Å². The zero-order valence-electron chi connectivity index (χ0n) is 27.5. The van der Waals surface area contributed by atoms with Gasteiger partial charge in [0.1, 0.15) is 23.6 Å². The first-order valence-electron chi connectivity index (χ1n) is 14.5. The van der Waals surface area contributed by atoms with Gasteiger partial charge in [-0.2, -0.15) is 0 Å². The van der Waals surface area contributed by atoms with Crippen molar-refractivity contribution in [3.05, 3.63) is 29.8 Å². The molecule has 0 aromatic heterocycles. The van der Waals surface area contributed by atoms with E-state index in [-0.39, 0.29) is 37.2 Å². The monoisotopic (exact) mass is 622 g/mol. The number of carbonyl (C=O) groups excluding carboxylic acids is 2. The highest BCUT2D eigenvalue weighted by atomic mass is 28.4. The molecule has 0 aliphatic carbocycles. The number of ether oxygens (including phenoxy) is 3. The number of alkyl carbamates (subject to hydrolysis) is 1. The summed E-state index contributed by atoms with van der Waals surface area (Å²) in [6.07, 6.45) is -2.58. The van der Waals surface area contributed by atoms with Crippen molar-refractivity contribution in [3.63, 3.8) is 0 Å². The van der Waals surface area contributed by atoms with Crippen LogP contribution in [0.15, 0.2) is 29.3 Å². The maximum atomic E-state index is 13.0. The Balaban J connectivity index is 2.05. The van der Waals surface area contributed by atoms with Gasteiger partial charge >= 0.3 is 18.2 Å². The van der Waals surface area contributed by atoms with E-state index in [4.69, 9.17) is 18.6 Å². The minimum absolute atomic E-state index is 0.0134. The molecule has 1 aromatic carbocycles. The van der Waals surface area contributed by atoms with Gasteiger partial charge in [0, 0.05) is 13.1 Å². The molecule has 0 spiro atoms.